The van der Waals surface area contributed by atoms with E-state index in [2.05, 4.69) is 25.7 Å². The van der Waals surface area contributed by atoms with Crippen molar-refractivity contribution in [3.05, 3.63) is 40.3 Å². The highest BCUT2D eigenvalue weighted by Gasteiger charge is 1.94. The molecular formula is C9H9N5O2. The number of H-pyrrole nitrogens is 1. The molecule has 0 spiro atoms. The zero-order chi connectivity index (χ0) is 11.4. The summed E-state index contributed by atoms with van der Waals surface area (Å²) in [5, 5.41) is 9.55. The minimum absolute atomic E-state index is 0.267. The lowest BCUT2D eigenvalue weighted by Crippen LogP contribution is -2.13. The van der Waals surface area contributed by atoms with Gasteiger partial charge in [0.05, 0.1) is 12.4 Å². The van der Waals surface area contributed by atoms with Gasteiger partial charge in [-0.05, 0) is 19.1 Å². The van der Waals surface area contributed by atoms with Crippen molar-refractivity contribution in [1.82, 2.24) is 15.2 Å². The molecule has 0 aliphatic carbocycles. The number of aryl methyl sites for hydroxylation is 1. The fraction of sp³-hybridized carbons (Fsp3) is 0.111. The normalized spacial score (nSPS) is 10.8. The average molecular weight is 219 g/mol. The zero-order valence-corrected chi connectivity index (χ0v) is 8.47. The second-order valence-corrected chi connectivity index (χ2v) is 2.99. The van der Waals surface area contributed by atoms with E-state index in [-0.39, 0.29) is 5.82 Å². The van der Waals surface area contributed by atoms with Gasteiger partial charge in [-0.3, -0.25) is 5.43 Å². The highest BCUT2D eigenvalue weighted by atomic mass is 16.3. The Morgan fingerprint density at radius 2 is 2.44 bits per heavy atom. The number of hydrogen-bond donors (Lipinski definition) is 2. The number of rotatable bonds is 3. The van der Waals surface area contributed by atoms with Gasteiger partial charge < -0.3 is 4.42 Å². The van der Waals surface area contributed by atoms with Crippen LogP contribution in [0.4, 0.5) is 5.82 Å². The quantitative estimate of drug-likeness (QED) is 0.579. The number of nitrogens with zero attached hydrogens (tertiary/aromatic N) is 3. The van der Waals surface area contributed by atoms with Crippen LogP contribution < -0.4 is 11.1 Å². The zero-order valence-electron chi connectivity index (χ0n) is 8.47. The Kier molecular flexibility index (Phi) is 2.77. The van der Waals surface area contributed by atoms with Crippen molar-refractivity contribution in [3.8, 4) is 0 Å². The predicted molar refractivity (Wildman–Crippen MR) is 57.3 cm³/mol. The van der Waals surface area contributed by atoms with Crippen LogP contribution in [0, 0.1) is 6.92 Å². The molecule has 82 valence electrons. The third kappa shape index (κ3) is 2.53. The van der Waals surface area contributed by atoms with Gasteiger partial charge >= 0.3 is 5.69 Å². The lowest BCUT2D eigenvalue weighted by molar-refractivity contribution is 0.528. The molecule has 0 saturated heterocycles. The van der Waals surface area contributed by atoms with Crippen molar-refractivity contribution >= 4 is 12.0 Å². The van der Waals surface area contributed by atoms with E-state index in [9.17, 15) is 4.79 Å². The van der Waals surface area contributed by atoms with E-state index in [4.69, 9.17) is 4.42 Å². The Balaban J connectivity index is 2.02. The first-order valence-corrected chi connectivity index (χ1v) is 4.51. The average Bonchev–Trinajstić information content (AvgIpc) is 2.64. The van der Waals surface area contributed by atoms with E-state index in [1.54, 1.807) is 6.07 Å². The molecule has 16 heavy (non-hydrogen) atoms. The Morgan fingerprint density at radius 3 is 3.12 bits per heavy atom. The van der Waals surface area contributed by atoms with E-state index >= 15 is 0 Å². The summed E-state index contributed by atoms with van der Waals surface area (Å²) >= 11 is 0. The number of hydrazone groups is 1. The molecule has 0 bridgehead atoms. The first-order valence-electron chi connectivity index (χ1n) is 4.51. The van der Waals surface area contributed by atoms with Crippen molar-refractivity contribution in [3.63, 3.8) is 0 Å². The summed E-state index contributed by atoms with van der Waals surface area (Å²) in [6, 6.07) is 3.61. The molecule has 7 nitrogen and oxygen atoms in total. The molecule has 0 aliphatic rings. The fourth-order valence-electron chi connectivity index (χ4n) is 1.05. The second kappa shape index (κ2) is 4.39. The summed E-state index contributed by atoms with van der Waals surface area (Å²) in [4.78, 5) is 14.4. The summed E-state index contributed by atoms with van der Waals surface area (Å²) in [7, 11) is 0. The monoisotopic (exact) mass is 219 g/mol. The van der Waals surface area contributed by atoms with Gasteiger partial charge in [0.1, 0.15) is 11.5 Å². The fourth-order valence-corrected chi connectivity index (χ4v) is 1.05. The van der Waals surface area contributed by atoms with Gasteiger partial charge in [0.2, 0.25) is 0 Å². The predicted octanol–water partition coefficient (Wildman–Crippen LogP) is 0.512. The lowest BCUT2D eigenvalue weighted by Gasteiger charge is -1.94. The van der Waals surface area contributed by atoms with Crippen LogP contribution in [0.25, 0.3) is 0 Å². The standard InChI is InChI=1S/C9H9N5O2/c1-6-2-3-7(16-6)4-10-13-8-5-11-14-9(15)12-8/h2-5H,1H3,(H2,12,13,14,15)/b10-4+. The minimum atomic E-state index is -0.533. The SMILES string of the molecule is Cc1ccc(/C=N/Nc2cn[nH]c(=O)n2)o1. The first kappa shape index (κ1) is 10.1. The van der Waals surface area contributed by atoms with Crippen molar-refractivity contribution < 1.29 is 4.42 Å². The molecule has 0 fully saturated rings. The Hall–Kier alpha value is -2.44. The lowest BCUT2D eigenvalue weighted by atomic mass is 10.4. The molecule has 0 aliphatic heterocycles. The molecule has 0 amide bonds. The number of furan rings is 1. The molecule has 0 saturated carbocycles. The molecule has 2 aromatic rings. The van der Waals surface area contributed by atoms with Crippen LogP contribution in [0.3, 0.4) is 0 Å². The maximum atomic E-state index is 10.8. The van der Waals surface area contributed by atoms with Crippen LogP contribution in [0.15, 0.2) is 32.6 Å². The van der Waals surface area contributed by atoms with Crippen LogP contribution in [-0.4, -0.2) is 21.4 Å². The van der Waals surface area contributed by atoms with Crippen LogP contribution in [-0.2, 0) is 0 Å². The van der Waals surface area contributed by atoms with Crippen molar-refractivity contribution in [2.45, 2.75) is 6.92 Å². The molecule has 7 heteroatoms. The van der Waals surface area contributed by atoms with Crippen LogP contribution in [0.5, 0.6) is 0 Å². The van der Waals surface area contributed by atoms with E-state index in [0.29, 0.717) is 5.76 Å². The number of aromatic amines is 1. The molecule has 2 heterocycles. The summed E-state index contributed by atoms with van der Waals surface area (Å²) in [6.45, 7) is 1.84. The number of anilines is 1. The van der Waals surface area contributed by atoms with E-state index < -0.39 is 5.69 Å². The van der Waals surface area contributed by atoms with Gasteiger partial charge in [0.25, 0.3) is 0 Å². The van der Waals surface area contributed by atoms with Gasteiger partial charge in [-0.15, -0.1) is 0 Å². The maximum Gasteiger partial charge on any atom is 0.363 e. The van der Waals surface area contributed by atoms with Crippen molar-refractivity contribution in [2.24, 2.45) is 5.10 Å². The summed E-state index contributed by atoms with van der Waals surface area (Å²) in [6.07, 6.45) is 2.84. The largest absolute Gasteiger partial charge is 0.460 e. The minimum Gasteiger partial charge on any atom is -0.460 e. The summed E-state index contributed by atoms with van der Waals surface area (Å²) < 4.78 is 5.25. The molecule has 0 radical (unpaired) electrons. The third-order valence-corrected chi connectivity index (χ3v) is 1.70. The maximum absolute atomic E-state index is 10.8. The highest BCUT2D eigenvalue weighted by molar-refractivity contribution is 5.76. The van der Waals surface area contributed by atoms with Gasteiger partial charge in [0.15, 0.2) is 5.82 Å². The van der Waals surface area contributed by atoms with Gasteiger partial charge in [0, 0.05) is 0 Å². The van der Waals surface area contributed by atoms with Crippen molar-refractivity contribution in [2.75, 3.05) is 5.43 Å². The Labute approximate surface area is 90.2 Å². The Bertz CT molecular complexity index is 557. The number of nitrogens with one attached hydrogen (secondary N) is 2. The summed E-state index contributed by atoms with van der Waals surface area (Å²) in [5.41, 5.74) is 2.03. The van der Waals surface area contributed by atoms with Crippen LogP contribution >= 0.6 is 0 Å². The van der Waals surface area contributed by atoms with Gasteiger partial charge in [-0.25, -0.2) is 9.89 Å². The molecular weight excluding hydrogens is 210 g/mol. The Morgan fingerprint density at radius 1 is 1.56 bits per heavy atom. The van der Waals surface area contributed by atoms with Gasteiger partial charge in [-0.2, -0.15) is 15.2 Å². The van der Waals surface area contributed by atoms with E-state index in [1.165, 1.54) is 12.4 Å². The highest BCUT2D eigenvalue weighted by Crippen LogP contribution is 2.03. The third-order valence-electron chi connectivity index (χ3n) is 1.70. The summed E-state index contributed by atoms with van der Waals surface area (Å²) in [5.74, 6) is 1.68. The van der Waals surface area contributed by atoms with Gasteiger partial charge in [-0.1, -0.05) is 0 Å². The van der Waals surface area contributed by atoms with Crippen LogP contribution in [0.2, 0.25) is 0 Å². The molecule has 2 N–H and O–H groups in total. The van der Waals surface area contributed by atoms with E-state index in [0.717, 1.165) is 5.76 Å². The van der Waals surface area contributed by atoms with Crippen molar-refractivity contribution in [1.29, 1.82) is 0 Å². The first-order chi connectivity index (χ1) is 7.74. The number of aromatic nitrogens is 3. The molecule has 2 rings (SSSR count). The van der Waals surface area contributed by atoms with Crippen LogP contribution in [0.1, 0.15) is 11.5 Å². The second-order valence-electron chi connectivity index (χ2n) is 2.99. The smallest absolute Gasteiger partial charge is 0.363 e. The number of hydrogen-bond acceptors (Lipinski definition) is 6. The molecule has 0 aromatic carbocycles. The molecule has 0 atom stereocenters. The topological polar surface area (TPSA) is 96.2 Å². The van der Waals surface area contributed by atoms with E-state index in [1.807, 2.05) is 13.0 Å². The molecule has 0 unspecified atom stereocenters. The molecule has 2 aromatic heterocycles.